The Balaban J connectivity index is 1.89. The van der Waals surface area contributed by atoms with Gasteiger partial charge >= 0.3 is 0 Å². The number of fused-ring (bicyclic) bond motifs is 1. The summed E-state index contributed by atoms with van der Waals surface area (Å²) in [6.45, 7) is 0.406. The van der Waals surface area contributed by atoms with Crippen molar-refractivity contribution in [1.82, 2.24) is 20.2 Å². The molecule has 0 radical (unpaired) electrons. The monoisotopic (exact) mass is 388 g/mol. The van der Waals surface area contributed by atoms with Gasteiger partial charge in [0.15, 0.2) is 11.6 Å². The molecule has 3 heterocycles. The SMILES string of the molecule is CON1CC(c2c(Cl)cccc2Cl)=Cc2c(N)nc(-c3cc[nH]n3)nc21. The summed E-state index contributed by atoms with van der Waals surface area (Å²) in [6, 6.07) is 7.15. The van der Waals surface area contributed by atoms with E-state index in [1.165, 1.54) is 0 Å². The van der Waals surface area contributed by atoms with Gasteiger partial charge in [-0.05, 0) is 29.8 Å². The van der Waals surface area contributed by atoms with Crippen LogP contribution in [-0.2, 0) is 4.84 Å². The molecule has 0 unspecified atom stereocenters. The van der Waals surface area contributed by atoms with Crippen LogP contribution < -0.4 is 10.8 Å². The standard InChI is InChI=1S/C17H14Cl2N6O/c1-26-25-8-9(14-11(18)3-2-4-12(14)19)7-10-15(20)22-16(23-17(10)25)13-5-6-21-24-13/h2-7H,8H2,1H3,(H,21,24)(H2,20,22,23). The topological polar surface area (TPSA) is 93.0 Å². The fraction of sp³-hybridized carbons (Fsp3) is 0.118. The number of hydroxylamine groups is 1. The van der Waals surface area contributed by atoms with Crippen molar-refractivity contribution in [2.45, 2.75) is 0 Å². The van der Waals surface area contributed by atoms with Crippen LogP contribution in [0.2, 0.25) is 10.0 Å². The number of nitrogens with two attached hydrogens (primary N) is 1. The Kier molecular flexibility index (Phi) is 4.28. The zero-order chi connectivity index (χ0) is 18.3. The van der Waals surface area contributed by atoms with Crippen LogP contribution in [0.15, 0.2) is 30.5 Å². The lowest BCUT2D eigenvalue weighted by molar-refractivity contribution is 0.173. The quantitative estimate of drug-likeness (QED) is 0.710. The summed E-state index contributed by atoms with van der Waals surface area (Å²) in [7, 11) is 1.56. The summed E-state index contributed by atoms with van der Waals surface area (Å²) < 4.78 is 0. The Morgan fingerprint density at radius 3 is 2.62 bits per heavy atom. The van der Waals surface area contributed by atoms with Gasteiger partial charge in [0.1, 0.15) is 11.5 Å². The molecule has 3 aromatic rings. The predicted octanol–water partition coefficient (Wildman–Crippen LogP) is 3.68. The van der Waals surface area contributed by atoms with E-state index in [2.05, 4.69) is 20.2 Å². The van der Waals surface area contributed by atoms with Gasteiger partial charge in [-0.15, -0.1) is 0 Å². The van der Waals surface area contributed by atoms with E-state index in [1.54, 1.807) is 42.6 Å². The Labute approximate surface area is 159 Å². The summed E-state index contributed by atoms with van der Waals surface area (Å²) in [5.41, 5.74) is 9.03. The molecular weight excluding hydrogens is 375 g/mol. The number of nitrogens with one attached hydrogen (secondary N) is 1. The van der Waals surface area contributed by atoms with Gasteiger partial charge in [0, 0.05) is 21.8 Å². The second kappa shape index (κ2) is 6.60. The summed E-state index contributed by atoms with van der Waals surface area (Å²) in [5, 5.41) is 9.56. The predicted molar refractivity (Wildman–Crippen MR) is 103 cm³/mol. The van der Waals surface area contributed by atoms with Crippen LogP contribution in [-0.4, -0.2) is 33.8 Å². The zero-order valence-electron chi connectivity index (χ0n) is 13.7. The second-order valence-electron chi connectivity index (χ2n) is 5.61. The molecule has 9 heteroatoms. The maximum absolute atomic E-state index is 6.35. The molecule has 1 aliphatic rings. The molecule has 0 amide bonds. The highest BCUT2D eigenvalue weighted by Gasteiger charge is 2.26. The Hall–Kier alpha value is -2.61. The normalized spacial score (nSPS) is 13.5. The molecule has 0 atom stereocenters. The first-order valence-corrected chi connectivity index (χ1v) is 8.48. The largest absolute Gasteiger partial charge is 0.383 e. The molecule has 0 fully saturated rings. The van der Waals surface area contributed by atoms with Crippen molar-refractivity contribution >= 4 is 46.5 Å². The number of rotatable bonds is 3. The fourth-order valence-corrected chi connectivity index (χ4v) is 3.50. The van der Waals surface area contributed by atoms with E-state index in [0.29, 0.717) is 45.3 Å². The van der Waals surface area contributed by atoms with E-state index in [4.69, 9.17) is 33.8 Å². The van der Waals surface area contributed by atoms with Crippen molar-refractivity contribution in [3.63, 3.8) is 0 Å². The van der Waals surface area contributed by atoms with Crippen LogP contribution in [0.5, 0.6) is 0 Å². The first kappa shape index (κ1) is 16.8. The molecule has 0 saturated carbocycles. The number of hydrogen-bond acceptors (Lipinski definition) is 6. The van der Waals surface area contributed by atoms with Crippen LogP contribution in [0.4, 0.5) is 11.6 Å². The first-order valence-electron chi connectivity index (χ1n) is 7.72. The molecule has 7 nitrogen and oxygen atoms in total. The Bertz CT molecular complexity index is 982. The van der Waals surface area contributed by atoms with Gasteiger partial charge in [0.2, 0.25) is 0 Å². The third kappa shape index (κ3) is 2.80. The molecule has 1 aliphatic heterocycles. The number of aromatic nitrogens is 4. The summed E-state index contributed by atoms with van der Waals surface area (Å²) in [6.07, 6.45) is 3.58. The summed E-state index contributed by atoms with van der Waals surface area (Å²) in [4.78, 5) is 14.4. The molecule has 3 N–H and O–H groups in total. The molecule has 26 heavy (non-hydrogen) atoms. The van der Waals surface area contributed by atoms with E-state index in [0.717, 1.165) is 11.1 Å². The van der Waals surface area contributed by atoms with Crippen LogP contribution in [0.25, 0.3) is 23.2 Å². The van der Waals surface area contributed by atoms with Crippen molar-refractivity contribution in [2.24, 2.45) is 0 Å². The highest BCUT2D eigenvalue weighted by molar-refractivity contribution is 6.38. The third-order valence-electron chi connectivity index (χ3n) is 4.06. The number of anilines is 2. The van der Waals surface area contributed by atoms with Gasteiger partial charge in [0.05, 0.1) is 19.2 Å². The van der Waals surface area contributed by atoms with Crippen molar-refractivity contribution in [3.8, 4) is 11.5 Å². The minimum absolute atomic E-state index is 0.315. The Morgan fingerprint density at radius 2 is 1.96 bits per heavy atom. The van der Waals surface area contributed by atoms with Crippen molar-refractivity contribution in [3.05, 3.63) is 51.6 Å². The van der Waals surface area contributed by atoms with Gasteiger partial charge in [-0.1, -0.05) is 29.3 Å². The number of benzene rings is 1. The van der Waals surface area contributed by atoms with Gasteiger partial charge in [-0.25, -0.2) is 15.0 Å². The zero-order valence-corrected chi connectivity index (χ0v) is 15.2. The van der Waals surface area contributed by atoms with E-state index in [1.807, 2.05) is 6.08 Å². The van der Waals surface area contributed by atoms with Crippen LogP contribution >= 0.6 is 23.2 Å². The number of aromatic amines is 1. The second-order valence-corrected chi connectivity index (χ2v) is 6.43. The number of hydrogen-bond donors (Lipinski definition) is 2. The van der Waals surface area contributed by atoms with E-state index in [-0.39, 0.29) is 0 Å². The number of nitrogens with zero attached hydrogens (tertiary/aromatic N) is 4. The van der Waals surface area contributed by atoms with Crippen molar-refractivity contribution < 1.29 is 4.84 Å². The molecule has 0 spiro atoms. The number of halogens is 2. The van der Waals surface area contributed by atoms with Crippen LogP contribution in [0.1, 0.15) is 11.1 Å². The summed E-state index contributed by atoms with van der Waals surface area (Å²) in [5.74, 6) is 1.29. The minimum atomic E-state index is 0.315. The maximum Gasteiger partial charge on any atom is 0.184 e. The average molecular weight is 389 g/mol. The van der Waals surface area contributed by atoms with Gasteiger partial charge < -0.3 is 5.73 Å². The molecule has 0 bridgehead atoms. The lowest BCUT2D eigenvalue weighted by Crippen LogP contribution is -2.29. The first-order chi connectivity index (χ1) is 12.6. The Morgan fingerprint density at radius 1 is 1.19 bits per heavy atom. The molecule has 2 aromatic heterocycles. The van der Waals surface area contributed by atoms with Crippen LogP contribution in [0.3, 0.4) is 0 Å². The molecule has 0 saturated heterocycles. The lowest BCUT2D eigenvalue weighted by Gasteiger charge is -2.29. The molecule has 132 valence electrons. The molecule has 4 rings (SSSR count). The molecular formula is C17H14Cl2N6O. The highest BCUT2D eigenvalue weighted by Crippen LogP contribution is 2.39. The smallest absolute Gasteiger partial charge is 0.184 e. The van der Waals surface area contributed by atoms with Gasteiger partial charge in [-0.2, -0.15) is 5.10 Å². The third-order valence-corrected chi connectivity index (χ3v) is 4.69. The van der Waals surface area contributed by atoms with Crippen LogP contribution in [0, 0.1) is 0 Å². The van der Waals surface area contributed by atoms with E-state index >= 15 is 0 Å². The van der Waals surface area contributed by atoms with Gasteiger partial charge in [-0.3, -0.25) is 9.94 Å². The lowest BCUT2D eigenvalue weighted by atomic mass is 10.00. The number of H-pyrrole nitrogens is 1. The van der Waals surface area contributed by atoms with Gasteiger partial charge in [0.25, 0.3) is 0 Å². The molecule has 0 aliphatic carbocycles. The number of nitrogen functional groups attached to an aromatic ring is 1. The van der Waals surface area contributed by atoms with E-state index < -0.39 is 0 Å². The average Bonchev–Trinajstić information content (AvgIpc) is 3.16. The fourth-order valence-electron chi connectivity index (χ4n) is 2.86. The summed E-state index contributed by atoms with van der Waals surface area (Å²) >= 11 is 12.7. The minimum Gasteiger partial charge on any atom is -0.383 e. The highest BCUT2D eigenvalue weighted by atomic mass is 35.5. The maximum atomic E-state index is 6.35. The van der Waals surface area contributed by atoms with Crippen molar-refractivity contribution in [2.75, 3.05) is 24.5 Å². The van der Waals surface area contributed by atoms with Crippen molar-refractivity contribution in [1.29, 1.82) is 0 Å². The molecule has 1 aromatic carbocycles. The van der Waals surface area contributed by atoms with E-state index in [9.17, 15) is 0 Å².